The lowest BCUT2D eigenvalue weighted by Gasteiger charge is -2.33. The molecule has 4 rings (SSSR count). The van der Waals surface area contributed by atoms with E-state index in [-0.39, 0.29) is 48.7 Å². The number of likely N-dealkylation sites (N-methyl/N-ethyl adjacent to an activating group) is 1. The summed E-state index contributed by atoms with van der Waals surface area (Å²) in [4.78, 5) is 30.1. The van der Waals surface area contributed by atoms with Gasteiger partial charge in [0.05, 0.1) is 43.7 Å². The van der Waals surface area contributed by atoms with Crippen LogP contribution in [0.5, 0.6) is 5.75 Å². The van der Waals surface area contributed by atoms with Gasteiger partial charge in [-0.2, -0.15) is 4.31 Å². The minimum atomic E-state index is -3.85. The molecule has 0 radical (unpaired) electrons. The summed E-state index contributed by atoms with van der Waals surface area (Å²) in [6.07, 6.45) is -0.309. The summed E-state index contributed by atoms with van der Waals surface area (Å²) in [6, 6.07) is 10.7. The van der Waals surface area contributed by atoms with Crippen LogP contribution >= 0.6 is 11.6 Å². The summed E-state index contributed by atoms with van der Waals surface area (Å²) in [6.45, 7) is 7.26. The molecule has 3 atom stereocenters. The second kappa shape index (κ2) is 14.8. The van der Waals surface area contributed by atoms with Crippen LogP contribution in [0.15, 0.2) is 47.4 Å². The molecule has 2 amide bonds. The molecule has 2 aromatic rings. The molecule has 43 heavy (non-hydrogen) atoms. The first-order valence-corrected chi connectivity index (χ1v) is 16.3. The van der Waals surface area contributed by atoms with Crippen LogP contribution in [0, 0.1) is 5.92 Å². The predicted molar refractivity (Wildman–Crippen MR) is 164 cm³/mol. The lowest BCUT2D eigenvalue weighted by atomic mass is 10.0. The van der Waals surface area contributed by atoms with Crippen LogP contribution < -0.4 is 10.1 Å². The minimum Gasteiger partial charge on any atom is -0.488 e. The van der Waals surface area contributed by atoms with Gasteiger partial charge in [0.1, 0.15) is 11.9 Å². The number of benzene rings is 2. The number of nitrogens with one attached hydrogen (secondary N) is 1. The van der Waals surface area contributed by atoms with Crippen LogP contribution in [0.3, 0.4) is 0 Å². The molecule has 0 aromatic heterocycles. The van der Waals surface area contributed by atoms with Crippen molar-refractivity contribution in [3.63, 3.8) is 0 Å². The fraction of sp³-hybridized carbons (Fsp3) is 0.533. The first kappa shape index (κ1) is 33.2. The first-order valence-electron chi connectivity index (χ1n) is 14.5. The van der Waals surface area contributed by atoms with Crippen LogP contribution in [0.4, 0.5) is 5.69 Å². The number of nitrogens with zero attached hydrogens (tertiary/aromatic N) is 3. The maximum atomic E-state index is 13.5. The molecular weight excluding hydrogens is 596 g/mol. The Morgan fingerprint density at radius 3 is 2.56 bits per heavy atom. The van der Waals surface area contributed by atoms with Gasteiger partial charge in [0.15, 0.2) is 0 Å². The van der Waals surface area contributed by atoms with Crippen molar-refractivity contribution in [3.05, 3.63) is 53.1 Å². The Kier molecular flexibility index (Phi) is 11.4. The minimum absolute atomic E-state index is 0.00445. The number of halogens is 1. The van der Waals surface area contributed by atoms with E-state index in [1.54, 1.807) is 30.0 Å². The molecular formula is C30H41ClN4O7S. The summed E-state index contributed by atoms with van der Waals surface area (Å²) in [5.41, 5.74) is 1.10. The van der Waals surface area contributed by atoms with Gasteiger partial charge in [0.2, 0.25) is 21.8 Å². The third kappa shape index (κ3) is 8.68. The lowest BCUT2D eigenvalue weighted by Crippen LogP contribution is -2.48. The smallest absolute Gasteiger partial charge is 0.242 e. The number of carbonyl (C=O) groups is 2. The number of hydrogen-bond donors (Lipinski definition) is 2. The van der Waals surface area contributed by atoms with Gasteiger partial charge in [0, 0.05) is 61.8 Å². The van der Waals surface area contributed by atoms with Crippen LogP contribution in [0.25, 0.3) is 0 Å². The maximum absolute atomic E-state index is 13.5. The number of anilines is 1. The maximum Gasteiger partial charge on any atom is 0.242 e. The quantitative estimate of drug-likeness (QED) is 0.407. The second-order valence-corrected chi connectivity index (χ2v) is 13.7. The highest BCUT2D eigenvalue weighted by molar-refractivity contribution is 7.89. The van der Waals surface area contributed by atoms with E-state index in [1.807, 2.05) is 6.92 Å². The van der Waals surface area contributed by atoms with Gasteiger partial charge in [-0.1, -0.05) is 18.5 Å². The second-order valence-electron chi connectivity index (χ2n) is 11.2. The number of amides is 2. The molecule has 2 aromatic carbocycles. The third-order valence-corrected chi connectivity index (χ3v) is 10.0. The van der Waals surface area contributed by atoms with Crippen LogP contribution in [-0.4, -0.2) is 111 Å². The fourth-order valence-electron chi connectivity index (χ4n) is 5.17. The van der Waals surface area contributed by atoms with Crippen molar-refractivity contribution < 1.29 is 32.6 Å². The average molecular weight is 637 g/mol. The highest BCUT2D eigenvalue weighted by Gasteiger charge is 2.33. The molecule has 2 heterocycles. The van der Waals surface area contributed by atoms with Gasteiger partial charge >= 0.3 is 0 Å². The normalized spacial score (nSPS) is 20.9. The topological polar surface area (TPSA) is 129 Å². The molecule has 0 aliphatic carbocycles. The molecule has 0 spiro atoms. The molecule has 2 aliphatic rings. The van der Waals surface area contributed by atoms with Crippen molar-refractivity contribution in [1.29, 1.82) is 0 Å². The molecule has 0 unspecified atom stereocenters. The van der Waals surface area contributed by atoms with Crippen molar-refractivity contribution in [2.75, 3.05) is 64.9 Å². The molecule has 1 saturated heterocycles. The van der Waals surface area contributed by atoms with Crippen molar-refractivity contribution in [2.24, 2.45) is 5.92 Å². The number of fused-ring (bicyclic) bond motifs is 1. The van der Waals surface area contributed by atoms with Gasteiger partial charge < -0.3 is 24.8 Å². The number of rotatable bonds is 10. The zero-order valence-corrected chi connectivity index (χ0v) is 26.4. The summed E-state index contributed by atoms with van der Waals surface area (Å²) >= 11 is 5.96. The summed E-state index contributed by atoms with van der Waals surface area (Å²) in [7, 11) is -2.36. The number of aliphatic hydroxyl groups is 1. The monoisotopic (exact) mass is 636 g/mol. The summed E-state index contributed by atoms with van der Waals surface area (Å²) in [5, 5.41) is 13.2. The Balaban J connectivity index is 1.56. The number of ether oxygens (including phenoxy) is 2. The van der Waals surface area contributed by atoms with Crippen molar-refractivity contribution in [1.82, 2.24) is 14.1 Å². The first-order chi connectivity index (χ1) is 20.5. The number of hydrogen-bond acceptors (Lipinski definition) is 8. The molecule has 1 fully saturated rings. The van der Waals surface area contributed by atoms with E-state index in [0.717, 1.165) is 13.1 Å². The van der Waals surface area contributed by atoms with E-state index in [0.29, 0.717) is 48.2 Å². The molecule has 11 nitrogen and oxygen atoms in total. The van der Waals surface area contributed by atoms with Gasteiger partial charge in [-0.25, -0.2) is 8.42 Å². The Hall–Kier alpha value is -2.74. The van der Waals surface area contributed by atoms with E-state index in [2.05, 4.69) is 10.2 Å². The molecule has 0 bridgehead atoms. The molecule has 0 saturated carbocycles. The molecule has 13 heteroatoms. The van der Waals surface area contributed by atoms with Gasteiger partial charge in [-0.15, -0.1) is 0 Å². The highest BCUT2D eigenvalue weighted by Crippen LogP contribution is 2.30. The molecule has 236 valence electrons. The van der Waals surface area contributed by atoms with Crippen LogP contribution in [0.1, 0.15) is 25.8 Å². The molecule has 2 aliphatic heterocycles. The van der Waals surface area contributed by atoms with Gasteiger partial charge in [-0.3, -0.25) is 14.5 Å². The van der Waals surface area contributed by atoms with E-state index in [4.69, 9.17) is 21.1 Å². The van der Waals surface area contributed by atoms with E-state index >= 15 is 0 Å². The highest BCUT2D eigenvalue weighted by atomic mass is 35.5. The van der Waals surface area contributed by atoms with Crippen LogP contribution in [0.2, 0.25) is 5.02 Å². The molecule has 2 N–H and O–H groups in total. The van der Waals surface area contributed by atoms with E-state index in [1.165, 1.54) is 35.6 Å². The zero-order valence-electron chi connectivity index (χ0n) is 24.9. The number of morpholine rings is 1. The standard InChI is InChI=1S/C30H41ClN4O7S/c1-21-18-35(22(2)20-36)30(38)17-23-16-25(32-29(37)10-11-34-12-14-41-15-13-34)6-9-27(23)42-28(21)19-33(3)43(39,40)26-7-4-24(31)5-8-26/h4-9,16,21-22,28,36H,10-15,17-20H2,1-3H3,(H,32,37)/t21-,22-,28+/m0/s1. The SMILES string of the molecule is C[C@H]1CN([C@@H](C)CO)C(=O)Cc2cc(NC(=O)CCN3CCOCC3)ccc2O[C@@H]1CN(C)S(=O)(=O)c1ccc(Cl)cc1. The third-order valence-electron chi connectivity index (χ3n) is 7.92. The Bertz CT molecular complexity index is 1370. The van der Waals surface area contributed by atoms with Gasteiger partial charge in [-0.05, 0) is 49.4 Å². The van der Waals surface area contributed by atoms with Crippen molar-refractivity contribution in [3.8, 4) is 5.75 Å². The number of carbonyl (C=O) groups excluding carboxylic acids is 2. The van der Waals surface area contributed by atoms with Crippen molar-refractivity contribution in [2.45, 2.75) is 43.7 Å². The average Bonchev–Trinajstić information content (AvgIpc) is 3.03. The number of sulfonamides is 1. The lowest BCUT2D eigenvalue weighted by molar-refractivity contribution is -0.134. The van der Waals surface area contributed by atoms with E-state index < -0.39 is 22.2 Å². The Labute approximate surface area is 258 Å². The fourth-order valence-corrected chi connectivity index (χ4v) is 6.48. The zero-order chi connectivity index (χ0) is 31.1. The van der Waals surface area contributed by atoms with Crippen molar-refractivity contribution >= 4 is 39.1 Å². The van der Waals surface area contributed by atoms with E-state index in [9.17, 15) is 23.1 Å². The number of aliphatic hydroxyl groups excluding tert-OH is 1. The predicted octanol–water partition coefficient (Wildman–Crippen LogP) is 2.47. The van der Waals surface area contributed by atoms with Crippen LogP contribution in [-0.2, 0) is 30.8 Å². The summed E-state index contributed by atoms with van der Waals surface area (Å²) in [5.74, 6) is -0.187. The Morgan fingerprint density at radius 1 is 1.19 bits per heavy atom. The summed E-state index contributed by atoms with van der Waals surface area (Å²) < 4.78 is 39.7. The van der Waals surface area contributed by atoms with Gasteiger partial charge in [0.25, 0.3) is 0 Å². The largest absolute Gasteiger partial charge is 0.488 e. The Morgan fingerprint density at radius 2 is 1.88 bits per heavy atom.